The van der Waals surface area contributed by atoms with Crippen LogP contribution in [0.2, 0.25) is 0 Å². The van der Waals surface area contributed by atoms with Crippen LogP contribution in [0.5, 0.6) is 11.5 Å². The number of carbonyl (C=O) groups is 1. The van der Waals surface area contributed by atoms with Crippen molar-refractivity contribution in [2.45, 2.75) is 32.7 Å². The molecule has 7 heteroatoms. The minimum Gasteiger partial charge on any atom is -0.457 e. The van der Waals surface area contributed by atoms with Gasteiger partial charge in [-0.1, -0.05) is 62.3 Å². The van der Waals surface area contributed by atoms with Gasteiger partial charge in [0.25, 0.3) is 0 Å². The number of rotatable bonds is 5. The summed E-state index contributed by atoms with van der Waals surface area (Å²) < 4.78 is 11.5. The molecule has 2 atom stereocenters. The van der Waals surface area contributed by atoms with Crippen LogP contribution < -0.4 is 10.1 Å². The van der Waals surface area contributed by atoms with Crippen molar-refractivity contribution in [1.82, 2.24) is 15.0 Å². The van der Waals surface area contributed by atoms with Gasteiger partial charge in [0, 0.05) is 32.7 Å². The Bertz CT molecular complexity index is 1430. The van der Waals surface area contributed by atoms with Crippen molar-refractivity contribution in [2.24, 2.45) is 11.8 Å². The zero-order valence-corrected chi connectivity index (χ0v) is 22.2. The second-order valence-electron chi connectivity index (χ2n) is 11.6. The Hall–Kier alpha value is -3.84. The zero-order chi connectivity index (χ0) is 26.3. The first-order valence-corrected chi connectivity index (χ1v) is 13.3. The van der Waals surface area contributed by atoms with Crippen LogP contribution in [0.1, 0.15) is 31.9 Å². The second kappa shape index (κ2) is 9.80. The molecule has 196 valence electrons. The molecule has 2 amide bonds. The lowest BCUT2D eigenvalue weighted by atomic mass is 9.87. The third-order valence-corrected chi connectivity index (χ3v) is 7.71. The Morgan fingerprint density at radius 3 is 2.42 bits per heavy atom. The van der Waals surface area contributed by atoms with E-state index in [-0.39, 0.29) is 11.4 Å². The first kappa shape index (κ1) is 24.5. The highest BCUT2D eigenvalue weighted by atomic mass is 16.5. The lowest BCUT2D eigenvalue weighted by Gasteiger charge is -2.22. The summed E-state index contributed by atoms with van der Waals surface area (Å²) in [6.45, 7) is 11.0. The van der Waals surface area contributed by atoms with E-state index in [2.05, 4.69) is 66.5 Å². The van der Waals surface area contributed by atoms with Crippen LogP contribution in [-0.4, -0.2) is 47.2 Å². The van der Waals surface area contributed by atoms with E-state index in [1.54, 1.807) is 0 Å². The molecule has 2 saturated heterocycles. The lowest BCUT2D eigenvalue weighted by Crippen LogP contribution is -2.36. The third kappa shape index (κ3) is 5.11. The average Bonchev–Trinajstić information content (AvgIpc) is 3.58. The fraction of sp³-hybridized carbons (Fsp3) is 0.355. The number of nitrogens with one attached hydrogen (secondary N) is 1. The number of ether oxygens (including phenoxy) is 1. The van der Waals surface area contributed by atoms with E-state index in [1.165, 1.54) is 11.1 Å². The summed E-state index contributed by atoms with van der Waals surface area (Å²) in [5.41, 5.74) is 3.32. The summed E-state index contributed by atoms with van der Waals surface area (Å²) in [5, 5.41) is 7.79. The smallest absolute Gasteiger partial charge is 0.323 e. The van der Waals surface area contributed by atoms with Gasteiger partial charge in [0.1, 0.15) is 11.5 Å². The summed E-state index contributed by atoms with van der Waals surface area (Å²) in [7, 11) is 0. The fourth-order valence-electron chi connectivity index (χ4n) is 5.67. The van der Waals surface area contributed by atoms with E-state index in [0.717, 1.165) is 49.6 Å². The number of carbonyl (C=O) groups excluding carboxylic acids is 1. The third-order valence-electron chi connectivity index (χ3n) is 7.71. The summed E-state index contributed by atoms with van der Waals surface area (Å²) in [4.78, 5) is 17.3. The summed E-state index contributed by atoms with van der Waals surface area (Å²) >= 11 is 0. The van der Waals surface area contributed by atoms with Crippen LogP contribution in [0.4, 0.5) is 10.6 Å². The first-order chi connectivity index (χ1) is 18.3. The molecular weight excluding hydrogens is 476 g/mol. The van der Waals surface area contributed by atoms with Gasteiger partial charge in [0.2, 0.25) is 0 Å². The van der Waals surface area contributed by atoms with Crippen molar-refractivity contribution >= 4 is 22.8 Å². The van der Waals surface area contributed by atoms with Crippen molar-refractivity contribution in [1.29, 1.82) is 0 Å². The number of benzene rings is 3. The zero-order valence-electron chi connectivity index (χ0n) is 22.2. The molecular formula is C31H34N4O3. The molecule has 38 heavy (non-hydrogen) atoms. The highest BCUT2D eigenvalue weighted by Crippen LogP contribution is 2.33. The number of anilines is 1. The lowest BCUT2D eigenvalue weighted by molar-refractivity contribution is 0.211. The van der Waals surface area contributed by atoms with E-state index in [4.69, 9.17) is 9.26 Å². The molecule has 7 nitrogen and oxygen atoms in total. The van der Waals surface area contributed by atoms with Crippen LogP contribution >= 0.6 is 0 Å². The van der Waals surface area contributed by atoms with Crippen LogP contribution in [0.15, 0.2) is 77.3 Å². The molecule has 2 aliphatic heterocycles. The Morgan fingerprint density at radius 1 is 0.947 bits per heavy atom. The van der Waals surface area contributed by atoms with Crippen LogP contribution in [-0.2, 0) is 12.0 Å². The monoisotopic (exact) mass is 510 g/mol. The van der Waals surface area contributed by atoms with E-state index in [9.17, 15) is 4.79 Å². The van der Waals surface area contributed by atoms with Gasteiger partial charge in [0.15, 0.2) is 11.4 Å². The van der Waals surface area contributed by atoms with Gasteiger partial charge < -0.3 is 14.2 Å². The summed E-state index contributed by atoms with van der Waals surface area (Å²) in [6.07, 6.45) is 0. The summed E-state index contributed by atoms with van der Waals surface area (Å²) in [5.74, 6) is 3.15. The van der Waals surface area contributed by atoms with Crippen molar-refractivity contribution in [3.05, 3.63) is 83.9 Å². The maximum Gasteiger partial charge on any atom is 0.323 e. The van der Waals surface area contributed by atoms with Gasteiger partial charge in [-0.25, -0.2) is 4.79 Å². The first-order valence-electron chi connectivity index (χ1n) is 13.3. The summed E-state index contributed by atoms with van der Waals surface area (Å²) in [6, 6.07) is 24.2. The van der Waals surface area contributed by atoms with Gasteiger partial charge in [-0.05, 0) is 64.8 Å². The fourth-order valence-corrected chi connectivity index (χ4v) is 5.67. The van der Waals surface area contributed by atoms with Crippen molar-refractivity contribution in [2.75, 3.05) is 31.5 Å². The molecule has 0 spiro atoms. The molecule has 0 aliphatic carbocycles. The van der Waals surface area contributed by atoms with Gasteiger partial charge in [-0.3, -0.25) is 10.2 Å². The molecule has 3 heterocycles. The number of aromatic nitrogens is 1. The number of hydrogen-bond acceptors (Lipinski definition) is 5. The molecule has 2 aliphatic rings. The molecule has 1 N–H and O–H groups in total. The number of amides is 2. The van der Waals surface area contributed by atoms with Crippen LogP contribution in [0, 0.1) is 11.8 Å². The standard InChI is InChI=1S/C31H34N4O3/c1-31(2,3)24-11-13-25(14-12-24)37-26-8-6-7-21(15-26)16-34-17-22-19-35(20-23(22)18-34)30(36)32-29-27-9-4-5-10-28(27)38-33-29/h4-15,22-23H,16-20H2,1-3H3,(H,32,33,36). The number of para-hydroxylation sites is 1. The van der Waals surface area contributed by atoms with Gasteiger partial charge in [0.05, 0.1) is 5.39 Å². The topological polar surface area (TPSA) is 70.8 Å². The Labute approximate surface area is 223 Å². The molecule has 0 radical (unpaired) electrons. The van der Waals surface area contributed by atoms with Crippen molar-refractivity contribution in [3.8, 4) is 11.5 Å². The van der Waals surface area contributed by atoms with Gasteiger partial charge in [-0.15, -0.1) is 0 Å². The molecule has 2 fully saturated rings. The molecule has 3 aromatic carbocycles. The van der Waals surface area contributed by atoms with Crippen molar-refractivity contribution < 1.29 is 14.1 Å². The molecule has 1 aromatic heterocycles. The average molecular weight is 511 g/mol. The van der Waals surface area contributed by atoms with E-state index in [0.29, 0.717) is 23.2 Å². The number of hydrogen-bond donors (Lipinski definition) is 1. The molecule has 2 unspecified atom stereocenters. The van der Waals surface area contributed by atoms with Crippen molar-refractivity contribution in [3.63, 3.8) is 0 Å². The highest BCUT2D eigenvalue weighted by molar-refractivity contribution is 5.98. The largest absolute Gasteiger partial charge is 0.457 e. The second-order valence-corrected chi connectivity index (χ2v) is 11.6. The number of likely N-dealkylation sites (tertiary alicyclic amines) is 2. The number of nitrogens with zero attached hydrogens (tertiary/aromatic N) is 3. The SMILES string of the molecule is CC(C)(C)c1ccc(Oc2cccc(CN3CC4CN(C(=O)Nc5noc6ccccc56)CC4C3)c2)cc1. The molecule has 4 aromatic rings. The normalized spacial score (nSPS) is 19.6. The Kier molecular flexibility index (Phi) is 6.32. The molecule has 0 bridgehead atoms. The minimum absolute atomic E-state index is 0.106. The minimum atomic E-state index is -0.106. The highest BCUT2D eigenvalue weighted by Gasteiger charge is 2.41. The number of fused-ring (bicyclic) bond motifs is 2. The Morgan fingerprint density at radius 2 is 1.68 bits per heavy atom. The predicted octanol–water partition coefficient (Wildman–Crippen LogP) is 6.51. The van der Waals surface area contributed by atoms with E-state index >= 15 is 0 Å². The quantitative estimate of drug-likeness (QED) is 0.331. The predicted molar refractivity (Wildman–Crippen MR) is 149 cm³/mol. The Balaban J connectivity index is 1.02. The molecule has 6 rings (SSSR count). The van der Waals surface area contributed by atoms with Gasteiger partial charge in [-0.2, -0.15) is 0 Å². The van der Waals surface area contributed by atoms with E-state index < -0.39 is 0 Å². The van der Waals surface area contributed by atoms with Gasteiger partial charge >= 0.3 is 6.03 Å². The van der Waals surface area contributed by atoms with E-state index in [1.807, 2.05) is 47.4 Å². The van der Waals surface area contributed by atoms with Crippen LogP contribution in [0.25, 0.3) is 11.0 Å². The molecule has 0 saturated carbocycles. The maximum absolute atomic E-state index is 12.9. The number of urea groups is 1. The maximum atomic E-state index is 12.9. The van der Waals surface area contributed by atoms with Crippen LogP contribution in [0.3, 0.4) is 0 Å².